The summed E-state index contributed by atoms with van der Waals surface area (Å²) in [5.74, 6) is -0.689. The Morgan fingerprint density at radius 2 is 1.79 bits per heavy atom. The molecule has 0 amide bonds. The normalized spacial score (nSPS) is 10.9. The Bertz CT molecular complexity index is 251. The standard InChI is InChI=1S/C10H18O3Si/c1-8(7-14(3,4)5)9(11)6-10(12)13-2/h1,6-7H2,2-5H3. The summed E-state index contributed by atoms with van der Waals surface area (Å²) in [5.41, 5.74) is 0.551. The number of hydrogen-bond acceptors (Lipinski definition) is 3. The Morgan fingerprint density at radius 1 is 1.29 bits per heavy atom. The highest BCUT2D eigenvalue weighted by Gasteiger charge is 2.20. The van der Waals surface area contributed by atoms with E-state index in [9.17, 15) is 9.59 Å². The van der Waals surface area contributed by atoms with Gasteiger partial charge in [0, 0.05) is 8.07 Å². The van der Waals surface area contributed by atoms with Crippen molar-refractivity contribution in [2.24, 2.45) is 0 Å². The van der Waals surface area contributed by atoms with E-state index in [0.717, 1.165) is 6.04 Å². The maximum absolute atomic E-state index is 11.4. The largest absolute Gasteiger partial charge is 0.469 e. The van der Waals surface area contributed by atoms with Crippen LogP contribution in [0.3, 0.4) is 0 Å². The Morgan fingerprint density at radius 3 is 2.14 bits per heavy atom. The van der Waals surface area contributed by atoms with Crippen molar-refractivity contribution in [3.8, 4) is 0 Å². The first-order valence-electron chi connectivity index (χ1n) is 4.54. The van der Waals surface area contributed by atoms with Crippen molar-refractivity contribution >= 4 is 19.8 Å². The zero-order valence-electron chi connectivity index (χ0n) is 9.35. The monoisotopic (exact) mass is 214 g/mol. The molecule has 0 aromatic heterocycles. The summed E-state index contributed by atoms with van der Waals surface area (Å²) in [4.78, 5) is 22.2. The van der Waals surface area contributed by atoms with Gasteiger partial charge in [-0.2, -0.15) is 0 Å². The lowest BCUT2D eigenvalue weighted by atomic mass is 10.2. The van der Waals surface area contributed by atoms with Gasteiger partial charge in [-0.3, -0.25) is 9.59 Å². The number of carbonyl (C=O) groups excluding carboxylic acids is 2. The first kappa shape index (κ1) is 13.1. The molecule has 0 saturated heterocycles. The molecule has 0 aliphatic rings. The number of Topliss-reactive ketones (excluding diaryl/α,β-unsaturated/α-hetero) is 1. The van der Waals surface area contributed by atoms with Crippen LogP contribution in [0.4, 0.5) is 0 Å². The molecule has 0 unspecified atom stereocenters. The SMILES string of the molecule is C=C(C[Si](C)(C)C)C(=O)CC(=O)OC. The predicted molar refractivity (Wildman–Crippen MR) is 58.9 cm³/mol. The van der Waals surface area contributed by atoms with Crippen LogP contribution in [-0.4, -0.2) is 26.9 Å². The third kappa shape index (κ3) is 5.69. The zero-order valence-corrected chi connectivity index (χ0v) is 10.3. The summed E-state index contributed by atoms with van der Waals surface area (Å²) in [5, 5.41) is 0. The molecular weight excluding hydrogens is 196 g/mol. The quantitative estimate of drug-likeness (QED) is 0.304. The summed E-state index contributed by atoms with van der Waals surface area (Å²) in [7, 11) is -0.0421. The maximum Gasteiger partial charge on any atom is 0.313 e. The highest BCUT2D eigenvalue weighted by Crippen LogP contribution is 2.16. The van der Waals surface area contributed by atoms with Crippen molar-refractivity contribution in [1.29, 1.82) is 0 Å². The molecule has 0 rings (SSSR count). The van der Waals surface area contributed by atoms with Gasteiger partial charge in [0.05, 0.1) is 7.11 Å². The fraction of sp³-hybridized carbons (Fsp3) is 0.600. The molecule has 0 N–H and O–H groups in total. The summed E-state index contributed by atoms with van der Waals surface area (Å²) >= 11 is 0. The van der Waals surface area contributed by atoms with Crippen LogP contribution >= 0.6 is 0 Å². The number of methoxy groups -OCH3 is 1. The first-order chi connectivity index (χ1) is 6.26. The highest BCUT2D eigenvalue weighted by atomic mass is 28.3. The van der Waals surface area contributed by atoms with Crippen molar-refractivity contribution in [1.82, 2.24) is 0 Å². The molecule has 0 fully saturated rings. The number of carbonyl (C=O) groups is 2. The molecule has 0 aromatic rings. The number of ketones is 1. The van der Waals surface area contributed by atoms with E-state index in [2.05, 4.69) is 31.0 Å². The van der Waals surface area contributed by atoms with Crippen LogP contribution < -0.4 is 0 Å². The number of rotatable bonds is 5. The van der Waals surface area contributed by atoms with Crippen LogP contribution in [0.15, 0.2) is 12.2 Å². The molecule has 80 valence electrons. The molecule has 0 aliphatic heterocycles. The van der Waals surface area contributed by atoms with E-state index >= 15 is 0 Å². The molecule has 0 radical (unpaired) electrons. The Balaban J connectivity index is 4.15. The molecule has 0 atom stereocenters. The van der Waals surface area contributed by atoms with E-state index < -0.39 is 14.0 Å². The van der Waals surface area contributed by atoms with Crippen LogP contribution in [0.5, 0.6) is 0 Å². The summed E-state index contributed by atoms with van der Waals surface area (Å²) in [6.45, 7) is 10.2. The van der Waals surface area contributed by atoms with Gasteiger partial charge in [0.15, 0.2) is 5.78 Å². The van der Waals surface area contributed by atoms with E-state index in [1.54, 1.807) is 0 Å². The Hall–Kier alpha value is -0.903. The van der Waals surface area contributed by atoms with Crippen LogP contribution in [0.2, 0.25) is 25.7 Å². The molecule has 4 heteroatoms. The van der Waals surface area contributed by atoms with E-state index in [0.29, 0.717) is 5.57 Å². The summed E-state index contributed by atoms with van der Waals surface area (Å²) in [6, 6.07) is 0.739. The minimum Gasteiger partial charge on any atom is -0.469 e. The Labute approximate surface area is 86.2 Å². The Kier molecular flexibility index (Phi) is 4.77. The van der Waals surface area contributed by atoms with Gasteiger partial charge in [0.1, 0.15) is 6.42 Å². The number of esters is 1. The molecule has 0 aromatic carbocycles. The minimum absolute atomic E-state index is 0.181. The molecule has 0 aliphatic carbocycles. The lowest BCUT2D eigenvalue weighted by Gasteiger charge is -2.16. The van der Waals surface area contributed by atoms with E-state index in [1.807, 2.05) is 0 Å². The first-order valence-corrected chi connectivity index (χ1v) is 8.25. The minimum atomic E-state index is -1.32. The van der Waals surface area contributed by atoms with Gasteiger partial charge in [0.2, 0.25) is 0 Å². The number of allylic oxidation sites excluding steroid dienone is 1. The second-order valence-corrected chi connectivity index (χ2v) is 9.99. The maximum atomic E-state index is 11.4. The molecule has 0 bridgehead atoms. The van der Waals surface area contributed by atoms with Gasteiger partial charge in [-0.15, -0.1) is 0 Å². The second-order valence-electron chi connectivity index (χ2n) is 4.52. The van der Waals surface area contributed by atoms with Crippen LogP contribution in [0, 0.1) is 0 Å². The van der Waals surface area contributed by atoms with Gasteiger partial charge in [0.25, 0.3) is 0 Å². The van der Waals surface area contributed by atoms with Crippen molar-refractivity contribution in [3.05, 3.63) is 12.2 Å². The summed E-state index contributed by atoms with van der Waals surface area (Å²) in [6.07, 6.45) is -0.181. The zero-order chi connectivity index (χ0) is 11.4. The van der Waals surface area contributed by atoms with Gasteiger partial charge in [-0.1, -0.05) is 26.2 Å². The average Bonchev–Trinajstić information content (AvgIpc) is 2.00. The number of hydrogen-bond donors (Lipinski definition) is 0. The lowest BCUT2D eigenvalue weighted by molar-refractivity contribution is -0.142. The second kappa shape index (κ2) is 5.10. The third-order valence-electron chi connectivity index (χ3n) is 1.67. The molecule has 0 heterocycles. The van der Waals surface area contributed by atoms with Crippen molar-refractivity contribution in [2.45, 2.75) is 32.1 Å². The molecular formula is C10H18O3Si. The number of ether oxygens (including phenoxy) is 1. The van der Waals surface area contributed by atoms with E-state index in [1.165, 1.54) is 7.11 Å². The van der Waals surface area contributed by atoms with Crippen molar-refractivity contribution in [2.75, 3.05) is 7.11 Å². The van der Waals surface area contributed by atoms with Gasteiger partial charge < -0.3 is 4.74 Å². The van der Waals surface area contributed by atoms with Gasteiger partial charge in [-0.25, -0.2) is 0 Å². The molecule has 3 nitrogen and oxygen atoms in total. The lowest BCUT2D eigenvalue weighted by Crippen LogP contribution is -2.23. The third-order valence-corrected chi connectivity index (χ3v) is 3.16. The van der Waals surface area contributed by atoms with Crippen molar-refractivity contribution < 1.29 is 14.3 Å². The summed E-state index contributed by atoms with van der Waals surface area (Å²) < 4.78 is 4.41. The van der Waals surface area contributed by atoms with Crippen molar-refractivity contribution in [3.63, 3.8) is 0 Å². The smallest absolute Gasteiger partial charge is 0.313 e. The predicted octanol–water partition coefficient (Wildman–Crippen LogP) is 2.01. The van der Waals surface area contributed by atoms with E-state index in [-0.39, 0.29) is 12.2 Å². The van der Waals surface area contributed by atoms with Crippen LogP contribution in [0.1, 0.15) is 6.42 Å². The highest BCUT2D eigenvalue weighted by molar-refractivity contribution is 6.77. The average molecular weight is 214 g/mol. The molecule has 14 heavy (non-hydrogen) atoms. The topological polar surface area (TPSA) is 43.4 Å². The van der Waals surface area contributed by atoms with Crippen LogP contribution in [0.25, 0.3) is 0 Å². The van der Waals surface area contributed by atoms with Crippen LogP contribution in [-0.2, 0) is 14.3 Å². The molecule has 0 spiro atoms. The van der Waals surface area contributed by atoms with Gasteiger partial charge in [-0.05, 0) is 11.6 Å². The fourth-order valence-corrected chi connectivity index (χ4v) is 2.54. The van der Waals surface area contributed by atoms with E-state index in [4.69, 9.17) is 0 Å². The fourth-order valence-electron chi connectivity index (χ4n) is 1.07. The molecule has 0 saturated carbocycles. The van der Waals surface area contributed by atoms with Gasteiger partial charge >= 0.3 is 5.97 Å².